The van der Waals surface area contributed by atoms with E-state index in [9.17, 15) is 92.2 Å². The van der Waals surface area contributed by atoms with Crippen LogP contribution in [0.4, 0.5) is 105 Å². The topological polar surface area (TPSA) is 46.2 Å². The minimum atomic E-state index is -5.80. The van der Waals surface area contributed by atoms with Gasteiger partial charge >= 0.3 is 56.7 Å². The Labute approximate surface area is 448 Å². The predicted molar refractivity (Wildman–Crippen MR) is 241 cm³/mol. The number of nitrogens with zero attached hydrogens (tertiary/aromatic N) is 1. The van der Waals surface area contributed by atoms with Crippen molar-refractivity contribution in [2.24, 2.45) is 0 Å². The van der Waals surface area contributed by atoms with Crippen LogP contribution in [0.1, 0.15) is 130 Å². The molecule has 81 heavy (non-hydrogen) atoms. The summed E-state index contributed by atoms with van der Waals surface area (Å²) < 4.78 is 359. The van der Waals surface area contributed by atoms with Gasteiger partial charge in [0.1, 0.15) is 17.2 Å². The number of hydrogen-bond acceptors (Lipinski definition) is 5. The monoisotopic (exact) mass is 1210 g/mol. The largest absolute Gasteiger partial charge is 0.864 e. The van der Waals surface area contributed by atoms with Gasteiger partial charge in [-0.2, -0.15) is 124 Å². The number of alkyl halides is 24. The summed E-state index contributed by atoms with van der Waals surface area (Å²) in [5.74, 6) is -4.84. The Morgan fingerprint density at radius 1 is 0.432 bits per heavy atom. The SMILES string of the molecule is CCCC[N+](CCCC)(C(CC)OCC)C(CC)(OCC)c1c(OB(Oc2cc(C(F)(F)F)cc(C(F)(F)F)c2)Oc2cc(C(F)(F)F)cc(C(F)(F)F)c2)cc(C(F)(F)F)cc1C(F)(F)F.FC(F)(F)c1c[c-]cc(C(F)(F)F)c1. The first-order valence-electron chi connectivity index (χ1n) is 24.1. The molecule has 0 saturated heterocycles. The molecule has 4 aromatic rings. The van der Waals surface area contributed by atoms with Gasteiger partial charge in [0.2, 0.25) is 5.72 Å². The lowest BCUT2D eigenvalue weighted by atomic mass is 9.85. The highest BCUT2D eigenvalue weighted by Crippen LogP contribution is 2.54. The van der Waals surface area contributed by atoms with Gasteiger partial charge in [-0.1, -0.05) is 51.7 Å². The maximum atomic E-state index is 15.7. The highest BCUT2D eigenvalue weighted by atomic mass is 19.4. The summed E-state index contributed by atoms with van der Waals surface area (Å²) in [4.78, 5) is 0. The highest BCUT2D eigenvalue weighted by molar-refractivity contribution is 6.39. The third-order valence-electron chi connectivity index (χ3n) is 12.0. The average molecular weight is 1210 g/mol. The molecule has 0 fully saturated rings. The summed E-state index contributed by atoms with van der Waals surface area (Å²) in [7, 11) is -3.38. The first kappa shape index (κ1) is 69.8. The summed E-state index contributed by atoms with van der Waals surface area (Å²) in [5.41, 5.74) is -19.2. The summed E-state index contributed by atoms with van der Waals surface area (Å²) in [6.45, 7) is 8.44. The van der Waals surface area contributed by atoms with Crippen molar-refractivity contribution in [3.63, 3.8) is 0 Å². The fourth-order valence-corrected chi connectivity index (χ4v) is 8.62. The molecule has 0 spiro atoms. The Hall–Kier alpha value is -5.46. The number of halogens is 24. The van der Waals surface area contributed by atoms with Crippen molar-refractivity contribution in [2.45, 2.75) is 141 Å². The molecule has 6 nitrogen and oxygen atoms in total. The fraction of sp³-hybridized carbons (Fsp3) is 0.520. The summed E-state index contributed by atoms with van der Waals surface area (Å²) >= 11 is 0. The molecular formula is C50H50BF24NO5. The van der Waals surface area contributed by atoms with Gasteiger partial charge in [-0.05, 0) is 75.2 Å². The van der Waals surface area contributed by atoms with Gasteiger partial charge in [0.15, 0.2) is 6.23 Å². The van der Waals surface area contributed by atoms with Gasteiger partial charge in [-0.3, -0.25) is 4.48 Å². The number of unbranched alkanes of at least 4 members (excludes halogenated alkanes) is 2. The van der Waals surface area contributed by atoms with Gasteiger partial charge in [0.05, 0.1) is 65.2 Å². The Bertz CT molecular complexity index is 2480. The van der Waals surface area contributed by atoms with E-state index >= 15 is 13.2 Å². The van der Waals surface area contributed by atoms with E-state index in [1.165, 1.54) is 13.8 Å². The maximum Gasteiger partial charge on any atom is 0.864 e. The zero-order chi connectivity index (χ0) is 62.2. The van der Waals surface area contributed by atoms with E-state index in [1.54, 1.807) is 33.8 Å². The molecule has 0 aliphatic heterocycles. The van der Waals surface area contributed by atoms with Crippen molar-refractivity contribution in [3.8, 4) is 17.2 Å². The van der Waals surface area contributed by atoms with Crippen LogP contribution in [0.2, 0.25) is 0 Å². The molecule has 0 N–H and O–H groups in total. The van der Waals surface area contributed by atoms with Crippen molar-refractivity contribution in [1.29, 1.82) is 0 Å². The van der Waals surface area contributed by atoms with Crippen LogP contribution in [0.15, 0.2) is 66.7 Å². The van der Waals surface area contributed by atoms with E-state index in [1.807, 2.05) is 0 Å². The van der Waals surface area contributed by atoms with Crippen molar-refractivity contribution in [1.82, 2.24) is 0 Å². The summed E-state index contributed by atoms with van der Waals surface area (Å²) in [6, 6.07) is 0.909. The van der Waals surface area contributed by atoms with E-state index in [0.29, 0.717) is 25.0 Å². The molecule has 0 heterocycles. The lowest BCUT2D eigenvalue weighted by Crippen LogP contribution is -2.69. The number of benzene rings is 4. The highest BCUT2D eigenvalue weighted by Gasteiger charge is 2.61. The fourth-order valence-electron chi connectivity index (χ4n) is 8.62. The molecule has 0 aromatic heterocycles. The number of hydrogen-bond donors (Lipinski definition) is 0. The standard InChI is InChI=1S/C42H47BF18NO5.C8H3F6/c1-7-13-15-62(16-14-8-2,34(9-3)63-11-5)36(10-4,64-12-6)35-32(42(59,60)61)23-29(41(56,57)58)24-33(35)67-43(65-30-19-25(37(44,45)46)17-26(20-30)38(47,48)49)66-31-21-27(39(50,51)52)18-28(22-31)40(53,54)55;9-7(10,11)5-2-1-3-6(4-5)8(12,13)14/h17-24,34H,7-16H2,1-6H3;2-4H/q+1;-1. The van der Waals surface area contributed by atoms with Crippen LogP contribution in [0.25, 0.3) is 0 Å². The van der Waals surface area contributed by atoms with Gasteiger partial charge in [-0.15, -0.1) is 6.07 Å². The Morgan fingerprint density at radius 3 is 1.09 bits per heavy atom. The lowest BCUT2D eigenvalue weighted by molar-refractivity contribution is -1.05. The van der Waals surface area contributed by atoms with Crippen molar-refractivity contribution in [2.75, 3.05) is 26.3 Å². The smallest absolute Gasteiger partial charge is 0.490 e. The maximum absolute atomic E-state index is 15.7. The van der Waals surface area contributed by atoms with Crippen LogP contribution in [0.3, 0.4) is 0 Å². The first-order chi connectivity index (χ1) is 36.9. The molecule has 4 rings (SSSR count). The quantitative estimate of drug-likeness (QED) is 0.0274. The van der Waals surface area contributed by atoms with Crippen LogP contribution in [0.5, 0.6) is 17.2 Å². The minimum Gasteiger partial charge on any atom is -0.490 e. The van der Waals surface area contributed by atoms with E-state index in [0.717, 1.165) is 0 Å². The van der Waals surface area contributed by atoms with Gasteiger partial charge < -0.3 is 23.4 Å². The third kappa shape index (κ3) is 18.0. The molecule has 456 valence electrons. The van der Waals surface area contributed by atoms with Crippen LogP contribution < -0.4 is 14.0 Å². The second kappa shape index (κ2) is 26.4. The second-order valence-electron chi connectivity index (χ2n) is 17.6. The molecular weight excluding hydrogens is 1160 g/mol. The average Bonchev–Trinajstić information content (AvgIpc) is 3.33. The zero-order valence-corrected chi connectivity index (χ0v) is 43.1. The summed E-state index contributed by atoms with van der Waals surface area (Å²) in [6.07, 6.45) is -44.0. The Morgan fingerprint density at radius 2 is 0.790 bits per heavy atom. The van der Waals surface area contributed by atoms with Crippen molar-refractivity contribution >= 4 is 7.32 Å². The normalized spacial score (nSPS) is 14.4. The third-order valence-corrected chi connectivity index (χ3v) is 12.0. The molecule has 0 saturated carbocycles. The predicted octanol–water partition coefficient (Wildman–Crippen LogP) is 18.6. The van der Waals surface area contributed by atoms with Crippen LogP contribution in [-0.4, -0.2) is 44.3 Å². The first-order valence-corrected chi connectivity index (χ1v) is 24.1. The van der Waals surface area contributed by atoms with Crippen LogP contribution >= 0.6 is 0 Å². The van der Waals surface area contributed by atoms with Crippen LogP contribution in [-0.2, 0) is 64.6 Å². The number of quaternary nitrogens is 1. The van der Waals surface area contributed by atoms with Gasteiger partial charge in [-0.25, -0.2) is 0 Å². The Balaban J connectivity index is 0.00000107. The van der Waals surface area contributed by atoms with Crippen molar-refractivity contribution in [3.05, 3.63) is 123 Å². The number of ether oxygens (including phenoxy) is 2. The lowest BCUT2D eigenvalue weighted by Gasteiger charge is -2.56. The molecule has 0 amide bonds. The minimum absolute atomic E-state index is 0.0251. The summed E-state index contributed by atoms with van der Waals surface area (Å²) in [5, 5.41) is 0. The molecule has 2 atom stereocenters. The molecule has 0 radical (unpaired) electrons. The van der Waals surface area contributed by atoms with Crippen LogP contribution in [0, 0.1) is 6.07 Å². The van der Waals surface area contributed by atoms with E-state index in [4.69, 9.17) is 23.4 Å². The zero-order valence-electron chi connectivity index (χ0n) is 43.1. The molecule has 0 bridgehead atoms. The molecule has 0 aliphatic carbocycles. The Kier molecular flexibility index (Phi) is 22.8. The van der Waals surface area contributed by atoms with Gasteiger partial charge in [0.25, 0.3) is 0 Å². The molecule has 0 aliphatic rings. The van der Waals surface area contributed by atoms with Crippen molar-refractivity contribution < 1.29 is 133 Å². The van der Waals surface area contributed by atoms with E-state index in [-0.39, 0.29) is 81.4 Å². The van der Waals surface area contributed by atoms with Gasteiger partial charge in [0, 0.05) is 12.8 Å². The number of rotatable bonds is 21. The van der Waals surface area contributed by atoms with E-state index < -0.39 is 166 Å². The molecule has 31 heteroatoms. The molecule has 2 unspecified atom stereocenters. The second-order valence-corrected chi connectivity index (χ2v) is 17.6. The molecule has 4 aromatic carbocycles. The van der Waals surface area contributed by atoms with E-state index in [2.05, 4.69) is 0 Å².